The summed E-state index contributed by atoms with van der Waals surface area (Å²) in [5.74, 6) is 0.852. The molecule has 0 spiro atoms. The summed E-state index contributed by atoms with van der Waals surface area (Å²) >= 11 is 6.05. The third-order valence-electron chi connectivity index (χ3n) is 7.17. The smallest absolute Gasteiger partial charge is 0.289 e. The molecule has 196 valence electrons. The highest BCUT2D eigenvalue weighted by molar-refractivity contribution is 6.30. The van der Waals surface area contributed by atoms with E-state index in [9.17, 15) is 9.59 Å². The van der Waals surface area contributed by atoms with Crippen molar-refractivity contribution in [3.8, 4) is 5.75 Å². The highest BCUT2D eigenvalue weighted by Crippen LogP contribution is 2.34. The molecule has 2 amide bonds. The van der Waals surface area contributed by atoms with Gasteiger partial charge in [0.05, 0.1) is 13.2 Å². The molecule has 0 bridgehead atoms. The van der Waals surface area contributed by atoms with Gasteiger partial charge in [-0.25, -0.2) is 0 Å². The van der Waals surface area contributed by atoms with Gasteiger partial charge in [0.2, 0.25) is 0 Å². The third-order valence-corrected chi connectivity index (χ3v) is 7.42. The van der Waals surface area contributed by atoms with Gasteiger partial charge in [0, 0.05) is 23.7 Å². The molecule has 0 aromatic heterocycles. The van der Waals surface area contributed by atoms with Gasteiger partial charge in [-0.2, -0.15) is 0 Å². The van der Waals surface area contributed by atoms with Crippen molar-refractivity contribution < 1.29 is 19.1 Å². The van der Waals surface area contributed by atoms with Crippen molar-refractivity contribution in [3.05, 3.63) is 106 Å². The molecule has 7 heteroatoms. The molecule has 1 heterocycles. The number of halogens is 1. The predicted octanol–water partition coefficient (Wildman–Crippen LogP) is 5.99. The second-order valence-electron chi connectivity index (χ2n) is 9.73. The van der Waals surface area contributed by atoms with Crippen LogP contribution in [0.4, 0.5) is 0 Å². The van der Waals surface area contributed by atoms with Crippen LogP contribution in [0, 0.1) is 0 Å². The maximum atomic E-state index is 13.5. The Hall–Kier alpha value is -3.77. The molecule has 3 aromatic rings. The van der Waals surface area contributed by atoms with E-state index in [1.807, 2.05) is 65.6 Å². The molecular formula is C31H31ClN2O4. The van der Waals surface area contributed by atoms with Crippen LogP contribution in [-0.4, -0.2) is 36.0 Å². The number of carbonyl (C=O) groups is 2. The molecule has 2 unspecified atom stereocenters. The number of fused-ring (bicyclic) bond motifs is 1. The van der Waals surface area contributed by atoms with E-state index in [0.29, 0.717) is 29.4 Å². The predicted molar refractivity (Wildman–Crippen MR) is 148 cm³/mol. The molecule has 6 nitrogen and oxygen atoms in total. The van der Waals surface area contributed by atoms with Crippen LogP contribution in [-0.2, 0) is 22.6 Å². The first-order chi connectivity index (χ1) is 18.5. The number of hydrogen-bond donors (Lipinski definition) is 1. The van der Waals surface area contributed by atoms with E-state index in [0.717, 1.165) is 48.1 Å². The fraction of sp³-hybridized carbons (Fsp3) is 0.290. The lowest BCUT2D eigenvalue weighted by Crippen LogP contribution is -2.54. The number of nitrogens with zero attached hydrogens (tertiary/aromatic N) is 1. The zero-order valence-corrected chi connectivity index (χ0v) is 22.1. The number of carbonyl (C=O) groups excluding carboxylic acids is 2. The third kappa shape index (κ3) is 6.03. The van der Waals surface area contributed by atoms with Gasteiger partial charge in [-0.15, -0.1) is 0 Å². The summed E-state index contributed by atoms with van der Waals surface area (Å²) in [6.07, 6.45) is 5.83. The second-order valence-corrected chi connectivity index (χ2v) is 10.2. The lowest BCUT2D eigenvalue weighted by molar-refractivity contribution is -0.149. The van der Waals surface area contributed by atoms with Crippen LogP contribution in [0.1, 0.15) is 52.7 Å². The molecule has 2 aliphatic rings. The van der Waals surface area contributed by atoms with Crippen LogP contribution < -0.4 is 10.1 Å². The molecule has 1 aliphatic carbocycles. The zero-order chi connectivity index (χ0) is 26.5. The molecule has 38 heavy (non-hydrogen) atoms. The molecular weight excluding hydrogens is 500 g/mol. The Morgan fingerprint density at radius 1 is 1.00 bits per heavy atom. The molecule has 0 radical (unpaired) electrons. The number of rotatable bonds is 7. The molecule has 2 atom stereocenters. The van der Waals surface area contributed by atoms with E-state index < -0.39 is 0 Å². The lowest BCUT2D eigenvalue weighted by Gasteiger charge is -2.44. The highest BCUT2D eigenvalue weighted by atomic mass is 35.5. The molecule has 1 saturated carbocycles. The monoisotopic (exact) mass is 530 g/mol. The van der Waals surface area contributed by atoms with Gasteiger partial charge in [0.1, 0.15) is 11.9 Å². The van der Waals surface area contributed by atoms with Crippen molar-refractivity contribution in [2.45, 2.75) is 50.9 Å². The van der Waals surface area contributed by atoms with E-state index in [-0.39, 0.29) is 24.0 Å². The van der Waals surface area contributed by atoms with Gasteiger partial charge in [-0.05, 0) is 78.4 Å². The first kappa shape index (κ1) is 25.9. The Kier molecular flexibility index (Phi) is 7.99. The second kappa shape index (κ2) is 11.7. The number of nitrogens with one attached hydrogen (secondary N) is 1. The minimum atomic E-state index is -0.163. The summed E-state index contributed by atoms with van der Waals surface area (Å²) < 4.78 is 11.4. The standard InChI is InChI=1S/C31H31ClN2O4/c1-37-26-16-10-22(11-17-26)19-33-30(35)24-12-6-21(7-13-24)18-29-31(36)34(20-23-8-14-25(32)15-9-23)27-4-2-3-5-28(27)38-29/h6-18,27-28H,2-5,19-20H2,1H3,(H,33,35)/b29-18-. The van der Waals surface area contributed by atoms with Crippen LogP contribution in [0.25, 0.3) is 6.08 Å². The normalized spacial score (nSPS) is 20.0. The van der Waals surface area contributed by atoms with Crippen molar-refractivity contribution in [2.75, 3.05) is 7.11 Å². The van der Waals surface area contributed by atoms with Gasteiger partial charge < -0.3 is 19.7 Å². The number of amides is 2. The number of morpholine rings is 1. The maximum absolute atomic E-state index is 13.5. The Morgan fingerprint density at radius 2 is 1.68 bits per heavy atom. The zero-order valence-electron chi connectivity index (χ0n) is 21.4. The lowest BCUT2D eigenvalue weighted by atomic mass is 9.89. The van der Waals surface area contributed by atoms with Gasteiger partial charge in [0.25, 0.3) is 11.8 Å². The minimum Gasteiger partial charge on any atom is -0.497 e. The van der Waals surface area contributed by atoms with Crippen molar-refractivity contribution in [1.82, 2.24) is 10.2 Å². The van der Waals surface area contributed by atoms with E-state index in [1.54, 1.807) is 25.3 Å². The van der Waals surface area contributed by atoms with Crippen LogP contribution in [0.5, 0.6) is 5.75 Å². The van der Waals surface area contributed by atoms with Crippen LogP contribution >= 0.6 is 11.6 Å². The average molecular weight is 531 g/mol. The van der Waals surface area contributed by atoms with Crippen molar-refractivity contribution >= 4 is 29.5 Å². The quantitative estimate of drug-likeness (QED) is 0.381. The average Bonchev–Trinajstić information content (AvgIpc) is 2.95. The number of benzene rings is 3. The fourth-order valence-corrected chi connectivity index (χ4v) is 5.18. The Balaban J connectivity index is 1.27. The Bertz CT molecular complexity index is 1300. The summed E-state index contributed by atoms with van der Waals surface area (Å²) in [4.78, 5) is 28.1. The summed E-state index contributed by atoms with van der Waals surface area (Å²) in [6.45, 7) is 0.939. The summed E-state index contributed by atoms with van der Waals surface area (Å²) in [5, 5.41) is 3.61. The molecule has 1 saturated heterocycles. The Labute approximate surface area is 228 Å². The largest absolute Gasteiger partial charge is 0.497 e. The highest BCUT2D eigenvalue weighted by Gasteiger charge is 2.41. The van der Waals surface area contributed by atoms with Gasteiger partial charge >= 0.3 is 0 Å². The van der Waals surface area contributed by atoms with Crippen LogP contribution in [0.2, 0.25) is 5.02 Å². The first-order valence-corrected chi connectivity index (χ1v) is 13.3. The van der Waals surface area contributed by atoms with Crippen LogP contribution in [0.3, 0.4) is 0 Å². The Morgan fingerprint density at radius 3 is 2.39 bits per heavy atom. The summed E-state index contributed by atoms with van der Waals surface area (Å²) in [5.41, 5.74) is 3.38. The van der Waals surface area contributed by atoms with E-state index >= 15 is 0 Å². The minimum absolute atomic E-state index is 0.0111. The van der Waals surface area contributed by atoms with Crippen molar-refractivity contribution in [2.24, 2.45) is 0 Å². The molecule has 1 N–H and O–H groups in total. The molecule has 3 aromatic carbocycles. The van der Waals surface area contributed by atoms with E-state index in [1.165, 1.54) is 0 Å². The van der Waals surface area contributed by atoms with Crippen LogP contribution in [0.15, 0.2) is 78.6 Å². The summed E-state index contributed by atoms with van der Waals surface area (Å²) in [7, 11) is 1.62. The molecule has 1 aliphatic heterocycles. The summed E-state index contributed by atoms with van der Waals surface area (Å²) in [6, 6.07) is 22.5. The van der Waals surface area contributed by atoms with Gasteiger partial charge in [-0.1, -0.05) is 54.4 Å². The topological polar surface area (TPSA) is 67.9 Å². The first-order valence-electron chi connectivity index (χ1n) is 12.9. The number of methoxy groups -OCH3 is 1. The van der Waals surface area contributed by atoms with Gasteiger partial charge in [-0.3, -0.25) is 9.59 Å². The SMILES string of the molecule is COc1ccc(CNC(=O)c2ccc(/C=C3\OC4CCCCC4N(Cc4ccc(Cl)cc4)C3=O)cc2)cc1. The molecule has 2 fully saturated rings. The van der Waals surface area contributed by atoms with Gasteiger partial charge in [0.15, 0.2) is 5.76 Å². The molecule has 5 rings (SSSR count). The number of ether oxygens (including phenoxy) is 2. The number of hydrogen-bond acceptors (Lipinski definition) is 4. The van der Waals surface area contributed by atoms with Crippen molar-refractivity contribution in [1.29, 1.82) is 0 Å². The van der Waals surface area contributed by atoms with E-state index in [2.05, 4.69) is 5.32 Å². The van der Waals surface area contributed by atoms with Crippen molar-refractivity contribution in [3.63, 3.8) is 0 Å². The van der Waals surface area contributed by atoms with E-state index in [4.69, 9.17) is 21.1 Å². The maximum Gasteiger partial charge on any atom is 0.289 e. The fourth-order valence-electron chi connectivity index (χ4n) is 5.06.